The van der Waals surface area contributed by atoms with Crippen molar-refractivity contribution < 1.29 is 9.53 Å². The van der Waals surface area contributed by atoms with Gasteiger partial charge in [-0.2, -0.15) is 10.2 Å². The smallest absolute Gasteiger partial charge is 0.171 e. The second-order valence-corrected chi connectivity index (χ2v) is 6.58. The molecule has 0 saturated carbocycles. The topological polar surface area (TPSA) is 52.1 Å². The average molecular weight is 397 g/mol. The number of hydrogen-bond acceptors (Lipinski definition) is 4. The first-order valence-corrected chi connectivity index (χ1v) is 8.68. The van der Waals surface area contributed by atoms with Gasteiger partial charge in [-0.25, -0.2) is 0 Å². The van der Waals surface area contributed by atoms with E-state index in [-0.39, 0.29) is 12.2 Å². The van der Waals surface area contributed by atoms with Gasteiger partial charge in [0.2, 0.25) is 0 Å². The van der Waals surface area contributed by atoms with Crippen molar-refractivity contribution in [2.24, 2.45) is 0 Å². The second kappa shape index (κ2) is 8.03. The van der Waals surface area contributed by atoms with Crippen molar-refractivity contribution >= 4 is 21.7 Å². The van der Waals surface area contributed by atoms with Gasteiger partial charge in [-0.15, -0.1) is 0 Å². The van der Waals surface area contributed by atoms with Gasteiger partial charge in [0, 0.05) is 17.1 Å². The highest BCUT2D eigenvalue weighted by atomic mass is 79.9. The number of hydrogen-bond donors (Lipinski definition) is 0. The van der Waals surface area contributed by atoms with Gasteiger partial charge in [-0.1, -0.05) is 46.3 Å². The molecule has 0 atom stereocenters. The number of carbonyl (C=O) groups is 1. The third kappa shape index (κ3) is 4.51. The first kappa shape index (κ1) is 17.3. The lowest BCUT2D eigenvalue weighted by atomic mass is 10.0. The van der Waals surface area contributed by atoms with Crippen LogP contribution in [0.4, 0.5) is 0 Å². The van der Waals surface area contributed by atoms with Crippen LogP contribution in [0.3, 0.4) is 0 Å². The lowest BCUT2D eigenvalue weighted by molar-refractivity contribution is 0.0988. The summed E-state index contributed by atoms with van der Waals surface area (Å²) in [6.45, 7) is 2.36. The van der Waals surface area contributed by atoms with E-state index in [1.54, 1.807) is 18.5 Å². The van der Waals surface area contributed by atoms with E-state index in [9.17, 15) is 4.79 Å². The highest BCUT2D eigenvalue weighted by Gasteiger charge is 2.16. The molecule has 0 aliphatic carbocycles. The van der Waals surface area contributed by atoms with Gasteiger partial charge < -0.3 is 4.74 Å². The summed E-state index contributed by atoms with van der Waals surface area (Å²) in [4.78, 5) is 12.8. The van der Waals surface area contributed by atoms with Crippen LogP contribution < -0.4 is 4.74 Å². The zero-order valence-electron chi connectivity index (χ0n) is 13.8. The van der Waals surface area contributed by atoms with Crippen LogP contribution in [0, 0.1) is 6.92 Å². The Labute approximate surface area is 155 Å². The summed E-state index contributed by atoms with van der Waals surface area (Å²) in [7, 11) is 0. The van der Waals surface area contributed by atoms with Crippen LogP contribution in [0.2, 0.25) is 0 Å². The molecular formula is C20H17BrN2O2. The summed E-state index contributed by atoms with van der Waals surface area (Å²) in [5.41, 5.74) is 3.45. The molecule has 126 valence electrons. The number of nitrogens with zero attached hydrogens (tertiary/aromatic N) is 2. The number of Topliss-reactive ketones (excluding diaryl/α,β-unsaturated/α-hetero) is 1. The lowest BCUT2D eigenvalue weighted by Crippen LogP contribution is -2.08. The Morgan fingerprint density at radius 2 is 1.88 bits per heavy atom. The van der Waals surface area contributed by atoms with E-state index in [1.165, 1.54) is 0 Å². The predicted octanol–water partition coefficient (Wildman–Crippen LogP) is 4.55. The molecule has 0 N–H and O–H groups in total. The molecule has 2 aromatic carbocycles. The SMILES string of the molecule is Cc1cc(C(=O)Cc2ccnnc2)c(OCc2ccccc2)cc1Br. The lowest BCUT2D eigenvalue weighted by Gasteiger charge is -2.13. The molecule has 1 heterocycles. The van der Waals surface area contributed by atoms with Crippen molar-refractivity contribution in [3.05, 3.63) is 87.7 Å². The fourth-order valence-electron chi connectivity index (χ4n) is 2.44. The number of ether oxygens (including phenoxy) is 1. The number of aryl methyl sites for hydroxylation is 1. The normalized spacial score (nSPS) is 10.5. The van der Waals surface area contributed by atoms with Crippen molar-refractivity contribution in [2.75, 3.05) is 0 Å². The fraction of sp³-hybridized carbons (Fsp3) is 0.150. The Morgan fingerprint density at radius 3 is 2.60 bits per heavy atom. The maximum absolute atomic E-state index is 12.8. The van der Waals surface area contributed by atoms with Crippen LogP contribution in [0.1, 0.15) is 27.0 Å². The van der Waals surface area contributed by atoms with Crippen molar-refractivity contribution in [1.82, 2.24) is 10.2 Å². The molecule has 0 spiro atoms. The predicted molar refractivity (Wildman–Crippen MR) is 99.7 cm³/mol. The van der Waals surface area contributed by atoms with E-state index in [2.05, 4.69) is 26.1 Å². The minimum atomic E-state index is -0.00772. The largest absolute Gasteiger partial charge is 0.488 e. The molecule has 3 aromatic rings. The van der Waals surface area contributed by atoms with Gasteiger partial charge in [0.15, 0.2) is 5.78 Å². The molecule has 0 radical (unpaired) electrons. The highest BCUT2D eigenvalue weighted by Crippen LogP contribution is 2.29. The monoisotopic (exact) mass is 396 g/mol. The summed E-state index contributed by atoms with van der Waals surface area (Å²) in [5.74, 6) is 0.569. The Kier molecular flexibility index (Phi) is 5.56. The van der Waals surface area contributed by atoms with Crippen molar-refractivity contribution in [3.63, 3.8) is 0 Å². The van der Waals surface area contributed by atoms with Crippen molar-refractivity contribution in [2.45, 2.75) is 20.0 Å². The molecule has 0 unspecified atom stereocenters. The van der Waals surface area contributed by atoms with E-state index in [1.807, 2.05) is 49.4 Å². The van der Waals surface area contributed by atoms with Gasteiger partial charge in [0.05, 0.1) is 11.8 Å². The molecule has 0 fully saturated rings. The van der Waals surface area contributed by atoms with Gasteiger partial charge in [-0.05, 0) is 41.8 Å². The third-order valence-electron chi connectivity index (χ3n) is 3.81. The Bertz CT molecular complexity index is 868. The number of benzene rings is 2. The first-order chi connectivity index (χ1) is 12.1. The molecule has 5 heteroatoms. The molecule has 0 bridgehead atoms. The van der Waals surface area contributed by atoms with Crippen LogP contribution in [0.15, 0.2) is 65.4 Å². The molecule has 0 aliphatic rings. The minimum absolute atomic E-state index is 0.00772. The van der Waals surface area contributed by atoms with E-state index in [4.69, 9.17) is 4.74 Å². The maximum atomic E-state index is 12.8. The second-order valence-electron chi connectivity index (χ2n) is 5.72. The maximum Gasteiger partial charge on any atom is 0.171 e. The summed E-state index contributed by atoms with van der Waals surface area (Å²) < 4.78 is 6.85. The molecule has 0 amide bonds. The molecule has 0 saturated heterocycles. The molecule has 3 rings (SSSR count). The Balaban J connectivity index is 1.84. The van der Waals surface area contributed by atoms with E-state index < -0.39 is 0 Å². The molecule has 1 aromatic heterocycles. The van der Waals surface area contributed by atoms with Gasteiger partial charge in [0.1, 0.15) is 12.4 Å². The van der Waals surface area contributed by atoms with E-state index in [0.717, 1.165) is 21.2 Å². The fourth-order valence-corrected chi connectivity index (χ4v) is 2.76. The number of halogens is 1. The van der Waals surface area contributed by atoms with Crippen molar-refractivity contribution in [1.29, 1.82) is 0 Å². The summed E-state index contributed by atoms with van der Waals surface area (Å²) in [6.07, 6.45) is 3.45. The highest BCUT2D eigenvalue weighted by molar-refractivity contribution is 9.10. The zero-order valence-corrected chi connectivity index (χ0v) is 15.4. The van der Waals surface area contributed by atoms with Gasteiger partial charge in [-0.3, -0.25) is 4.79 Å². The molecular weight excluding hydrogens is 380 g/mol. The number of rotatable bonds is 6. The van der Waals surface area contributed by atoms with Crippen LogP contribution >= 0.6 is 15.9 Å². The quantitative estimate of drug-likeness (QED) is 0.573. The minimum Gasteiger partial charge on any atom is -0.488 e. The van der Waals surface area contributed by atoms with Crippen LogP contribution in [0.25, 0.3) is 0 Å². The van der Waals surface area contributed by atoms with Gasteiger partial charge in [0.25, 0.3) is 0 Å². The van der Waals surface area contributed by atoms with E-state index in [0.29, 0.717) is 17.9 Å². The van der Waals surface area contributed by atoms with Crippen LogP contribution in [-0.4, -0.2) is 16.0 Å². The third-order valence-corrected chi connectivity index (χ3v) is 4.66. The Morgan fingerprint density at radius 1 is 1.08 bits per heavy atom. The number of aromatic nitrogens is 2. The molecule has 4 nitrogen and oxygen atoms in total. The zero-order chi connectivity index (χ0) is 17.6. The molecule has 25 heavy (non-hydrogen) atoms. The summed E-state index contributed by atoms with van der Waals surface area (Å²) in [5, 5.41) is 7.56. The van der Waals surface area contributed by atoms with Crippen molar-refractivity contribution in [3.8, 4) is 5.75 Å². The van der Waals surface area contributed by atoms with Gasteiger partial charge >= 0.3 is 0 Å². The summed E-state index contributed by atoms with van der Waals surface area (Å²) >= 11 is 3.51. The van der Waals surface area contributed by atoms with Crippen LogP contribution in [-0.2, 0) is 13.0 Å². The number of carbonyl (C=O) groups excluding carboxylic acids is 1. The summed E-state index contributed by atoms with van der Waals surface area (Å²) in [6, 6.07) is 15.4. The Hall–Kier alpha value is -2.53. The standard InChI is InChI=1S/C20H17BrN2O2/c1-14-9-17(19(24)10-16-7-8-22-23-12-16)20(11-18(14)21)25-13-15-5-3-2-4-6-15/h2-9,11-12H,10,13H2,1H3. The molecule has 0 aliphatic heterocycles. The van der Waals surface area contributed by atoms with Crippen LogP contribution in [0.5, 0.6) is 5.75 Å². The van der Waals surface area contributed by atoms with E-state index >= 15 is 0 Å². The number of ketones is 1. The average Bonchev–Trinajstić information content (AvgIpc) is 2.64. The first-order valence-electron chi connectivity index (χ1n) is 7.89.